The van der Waals surface area contributed by atoms with Crippen LogP contribution in [0.15, 0.2) is 4.90 Å². The molecule has 142 valence electrons. The molecule has 1 aromatic rings. The monoisotopic (exact) mass is 373 g/mol. The maximum atomic E-state index is 13.0. The fourth-order valence-electron chi connectivity index (χ4n) is 2.97. The highest BCUT2D eigenvalue weighted by Gasteiger charge is 2.32. The molecule has 0 spiro atoms. The van der Waals surface area contributed by atoms with E-state index in [0.29, 0.717) is 50.6 Å². The summed E-state index contributed by atoms with van der Waals surface area (Å²) in [6.07, 6.45) is 0.593. The third kappa shape index (κ3) is 4.31. The molecule has 1 aliphatic rings. The number of methoxy groups -OCH3 is 1. The number of amides is 2. The average Bonchev–Trinajstić information content (AvgIpc) is 2.73. The molecule has 2 rings (SSSR count). The molecule has 2 amide bonds. The summed E-state index contributed by atoms with van der Waals surface area (Å²) in [6, 6.07) is -0.190. The van der Waals surface area contributed by atoms with Gasteiger partial charge >= 0.3 is 6.03 Å². The number of urea groups is 1. The van der Waals surface area contributed by atoms with Crippen LogP contribution in [0.25, 0.3) is 0 Å². The van der Waals surface area contributed by atoms with Gasteiger partial charge in [-0.3, -0.25) is 4.68 Å². The number of hydrogen-bond acceptors (Lipinski definition) is 5. The van der Waals surface area contributed by atoms with Crippen LogP contribution in [0, 0.1) is 13.8 Å². The molecule has 0 bridgehead atoms. The highest BCUT2D eigenvalue weighted by atomic mass is 32.2. The van der Waals surface area contributed by atoms with Gasteiger partial charge in [-0.25, -0.2) is 13.2 Å². The van der Waals surface area contributed by atoms with Crippen molar-refractivity contribution in [1.82, 2.24) is 24.3 Å². The second-order valence-electron chi connectivity index (χ2n) is 6.09. The van der Waals surface area contributed by atoms with Crippen molar-refractivity contribution in [3.05, 3.63) is 11.4 Å². The van der Waals surface area contributed by atoms with E-state index in [9.17, 15) is 13.2 Å². The van der Waals surface area contributed by atoms with Crippen LogP contribution < -0.4 is 5.32 Å². The quantitative estimate of drug-likeness (QED) is 0.738. The summed E-state index contributed by atoms with van der Waals surface area (Å²) < 4.78 is 34.0. The van der Waals surface area contributed by atoms with Gasteiger partial charge in [-0.1, -0.05) is 0 Å². The Morgan fingerprint density at radius 2 is 1.96 bits per heavy atom. The molecule has 10 heteroatoms. The number of rotatable bonds is 5. The Bertz CT molecular complexity index is 716. The highest BCUT2D eigenvalue weighted by molar-refractivity contribution is 7.89. The number of ether oxygens (including phenoxy) is 1. The molecule has 0 aliphatic carbocycles. The van der Waals surface area contributed by atoms with Gasteiger partial charge in [0.1, 0.15) is 4.90 Å². The molecular weight excluding hydrogens is 346 g/mol. The lowest BCUT2D eigenvalue weighted by molar-refractivity contribution is 0.181. The first-order valence-corrected chi connectivity index (χ1v) is 9.75. The fraction of sp³-hybridized carbons (Fsp3) is 0.733. The third-order valence-corrected chi connectivity index (χ3v) is 6.52. The lowest BCUT2D eigenvalue weighted by atomic mass is 10.4. The van der Waals surface area contributed by atoms with Gasteiger partial charge in [0.25, 0.3) is 0 Å². The average molecular weight is 373 g/mol. The van der Waals surface area contributed by atoms with E-state index in [4.69, 9.17) is 4.74 Å². The molecule has 0 saturated carbocycles. The summed E-state index contributed by atoms with van der Waals surface area (Å²) >= 11 is 0. The normalized spacial score (nSPS) is 16.7. The van der Waals surface area contributed by atoms with Gasteiger partial charge in [0.2, 0.25) is 10.0 Å². The summed E-state index contributed by atoms with van der Waals surface area (Å²) in [5.41, 5.74) is 1.12. The Kier molecular flexibility index (Phi) is 6.42. The molecule has 0 unspecified atom stereocenters. The zero-order chi connectivity index (χ0) is 18.6. The van der Waals surface area contributed by atoms with Crippen molar-refractivity contribution in [2.45, 2.75) is 25.2 Å². The second-order valence-corrected chi connectivity index (χ2v) is 7.97. The van der Waals surface area contributed by atoms with E-state index in [2.05, 4.69) is 10.4 Å². The number of carbonyl (C=O) groups is 1. The number of sulfonamides is 1. The molecule has 25 heavy (non-hydrogen) atoms. The number of aryl methyl sites for hydroxylation is 2. The molecule has 1 fully saturated rings. The minimum atomic E-state index is -3.62. The second kappa shape index (κ2) is 8.15. The Morgan fingerprint density at radius 1 is 1.24 bits per heavy atom. The van der Waals surface area contributed by atoms with Crippen LogP contribution in [-0.2, 0) is 21.8 Å². The van der Waals surface area contributed by atoms with Crippen molar-refractivity contribution in [2.75, 3.05) is 46.4 Å². The zero-order valence-electron chi connectivity index (χ0n) is 15.3. The molecule has 1 aliphatic heterocycles. The molecule has 1 aromatic heterocycles. The first kappa shape index (κ1) is 19.7. The van der Waals surface area contributed by atoms with E-state index < -0.39 is 10.0 Å². The predicted molar refractivity (Wildman–Crippen MR) is 92.9 cm³/mol. The highest BCUT2D eigenvalue weighted by Crippen LogP contribution is 2.24. The molecule has 1 saturated heterocycles. The van der Waals surface area contributed by atoms with Gasteiger partial charge in [0.15, 0.2) is 0 Å². The first-order chi connectivity index (χ1) is 11.8. The SMILES string of the molecule is COCCNC(=O)N1CCCN(S(=O)(=O)c2c(C)nn(C)c2C)CC1. The molecule has 9 nitrogen and oxygen atoms in total. The largest absolute Gasteiger partial charge is 0.383 e. The summed E-state index contributed by atoms with van der Waals surface area (Å²) in [5.74, 6) is 0. The van der Waals surface area contributed by atoms with Gasteiger partial charge in [-0.05, 0) is 20.3 Å². The Hall–Kier alpha value is -1.65. The molecule has 0 aromatic carbocycles. The number of nitrogens with zero attached hydrogens (tertiary/aromatic N) is 4. The van der Waals surface area contributed by atoms with Gasteiger partial charge < -0.3 is 15.0 Å². The molecule has 1 N–H and O–H groups in total. The molecule has 0 atom stereocenters. The van der Waals surface area contributed by atoms with E-state index in [1.165, 1.54) is 4.31 Å². The smallest absolute Gasteiger partial charge is 0.317 e. The van der Waals surface area contributed by atoms with E-state index in [-0.39, 0.29) is 17.5 Å². The minimum absolute atomic E-state index is 0.190. The van der Waals surface area contributed by atoms with E-state index >= 15 is 0 Å². The molecular formula is C15H27N5O4S. The number of hydrogen-bond donors (Lipinski definition) is 1. The van der Waals surface area contributed by atoms with Crippen molar-refractivity contribution >= 4 is 16.1 Å². The maximum absolute atomic E-state index is 13.0. The van der Waals surface area contributed by atoms with E-state index in [1.54, 1.807) is 37.6 Å². The van der Waals surface area contributed by atoms with Crippen molar-refractivity contribution < 1.29 is 17.9 Å². The van der Waals surface area contributed by atoms with Crippen molar-refractivity contribution in [3.8, 4) is 0 Å². The Morgan fingerprint density at radius 3 is 2.56 bits per heavy atom. The minimum Gasteiger partial charge on any atom is -0.383 e. The van der Waals surface area contributed by atoms with Crippen molar-refractivity contribution in [3.63, 3.8) is 0 Å². The van der Waals surface area contributed by atoms with Gasteiger partial charge in [0.05, 0.1) is 18.0 Å². The van der Waals surface area contributed by atoms with E-state index in [0.717, 1.165) is 0 Å². The standard InChI is InChI=1S/C15H27N5O4S/c1-12-14(13(2)18(3)17-12)25(22,23)20-8-5-7-19(9-10-20)15(21)16-6-11-24-4/h5-11H2,1-4H3,(H,16,21). The van der Waals surface area contributed by atoms with Crippen LogP contribution in [0.2, 0.25) is 0 Å². The maximum Gasteiger partial charge on any atom is 0.317 e. The summed E-state index contributed by atoms with van der Waals surface area (Å²) in [4.78, 5) is 14.1. The van der Waals surface area contributed by atoms with Crippen LogP contribution in [0.4, 0.5) is 4.79 Å². The first-order valence-electron chi connectivity index (χ1n) is 8.31. The van der Waals surface area contributed by atoms with Gasteiger partial charge in [0, 0.05) is 46.9 Å². The molecule has 0 radical (unpaired) electrons. The topological polar surface area (TPSA) is 96.8 Å². The third-order valence-electron chi connectivity index (χ3n) is 4.36. The predicted octanol–water partition coefficient (Wildman–Crippen LogP) is 0.0893. The van der Waals surface area contributed by atoms with Gasteiger partial charge in [-0.2, -0.15) is 9.40 Å². The summed E-state index contributed by atoms with van der Waals surface area (Å²) in [7, 11) is -0.320. The lowest BCUT2D eigenvalue weighted by Crippen LogP contribution is -2.43. The van der Waals surface area contributed by atoms with E-state index in [1.807, 2.05) is 0 Å². The molecule has 2 heterocycles. The number of aromatic nitrogens is 2. The van der Waals surface area contributed by atoms with Crippen LogP contribution in [0.3, 0.4) is 0 Å². The lowest BCUT2D eigenvalue weighted by Gasteiger charge is -2.22. The number of nitrogens with one attached hydrogen (secondary N) is 1. The fourth-order valence-corrected chi connectivity index (χ4v) is 4.83. The Balaban J connectivity index is 2.08. The van der Waals surface area contributed by atoms with Crippen LogP contribution in [0.1, 0.15) is 17.8 Å². The van der Waals surface area contributed by atoms with Gasteiger partial charge in [-0.15, -0.1) is 0 Å². The van der Waals surface area contributed by atoms with Crippen molar-refractivity contribution in [1.29, 1.82) is 0 Å². The van der Waals surface area contributed by atoms with Crippen molar-refractivity contribution in [2.24, 2.45) is 7.05 Å². The zero-order valence-corrected chi connectivity index (χ0v) is 16.1. The summed E-state index contributed by atoms with van der Waals surface area (Å²) in [6.45, 7) is 5.87. The van der Waals surface area contributed by atoms with Crippen LogP contribution in [-0.4, -0.2) is 79.9 Å². The Labute approximate surface area is 149 Å². The summed E-state index contributed by atoms with van der Waals surface area (Å²) in [5, 5.41) is 6.97. The number of carbonyl (C=O) groups excluding carboxylic acids is 1. The van der Waals surface area contributed by atoms with Crippen LogP contribution >= 0.6 is 0 Å². The van der Waals surface area contributed by atoms with Crippen LogP contribution in [0.5, 0.6) is 0 Å².